The second-order valence-corrected chi connectivity index (χ2v) is 10.5. The Labute approximate surface area is 185 Å². The van der Waals surface area contributed by atoms with Gasteiger partial charge >= 0.3 is 0 Å². The molecule has 1 saturated carbocycles. The predicted octanol–water partition coefficient (Wildman–Crippen LogP) is 4.42. The van der Waals surface area contributed by atoms with E-state index in [0.29, 0.717) is 17.7 Å². The normalized spacial score (nSPS) is 19.5. The van der Waals surface area contributed by atoms with Crippen LogP contribution >= 0.6 is 0 Å². The maximum atomic E-state index is 12.6. The highest BCUT2D eigenvalue weighted by atomic mass is 32.2. The third-order valence-electron chi connectivity index (χ3n) is 6.51. The van der Waals surface area contributed by atoms with Gasteiger partial charge in [0, 0.05) is 12.5 Å². The first-order valence-electron chi connectivity index (χ1n) is 11.5. The largest absolute Gasteiger partial charge is 0.349 e. The maximum absolute atomic E-state index is 12.6. The highest BCUT2D eigenvalue weighted by Gasteiger charge is 2.23. The van der Waals surface area contributed by atoms with Gasteiger partial charge in [0.2, 0.25) is 15.9 Å². The minimum absolute atomic E-state index is 0.0392. The summed E-state index contributed by atoms with van der Waals surface area (Å²) in [5.74, 6) is 0.0392. The molecule has 5 nitrogen and oxygen atoms in total. The van der Waals surface area contributed by atoms with E-state index in [0.717, 1.165) is 50.5 Å². The Hall–Kier alpha value is -2.18. The molecule has 0 saturated heterocycles. The molecule has 1 atom stereocenters. The molecule has 1 fully saturated rings. The van der Waals surface area contributed by atoms with E-state index in [1.54, 1.807) is 12.1 Å². The van der Waals surface area contributed by atoms with Gasteiger partial charge in [-0.3, -0.25) is 4.79 Å². The molecule has 2 aliphatic rings. The van der Waals surface area contributed by atoms with Crippen LogP contribution in [0.15, 0.2) is 53.4 Å². The number of nitrogens with one attached hydrogen (secondary N) is 2. The summed E-state index contributed by atoms with van der Waals surface area (Å²) < 4.78 is 28.1. The molecule has 6 heteroatoms. The molecule has 0 spiro atoms. The Bertz CT molecular complexity index is 996. The standard InChI is InChI=1S/C25H32N2O3S/c28-25(26-24-12-6-8-20-7-4-5-11-23(20)24)18-15-19-13-16-22(17-14-19)31(29,30)27-21-9-2-1-3-10-21/h4-5,7,11,13-14,16-17,21,24,27H,1-3,6,8-10,12,15,18H2,(H,26,28)/t24-/m1/s1. The Morgan fingerprint density at radius 2 is 1.65 bits per heavy atom. The molecule has 2 N–H and O–H groups in total. The van der Waals surface area contributed by atoms with Crippen LogP contribution < -0.4 is 10.0 Å². The highest BCUT2D eigenvalue weighted by Crippen LogP contribution is 2.29. The van der Waals surface area contributed by atoms with E-state index in [2.05, 4.69) is 28.2 Å². The highest BCUT2D eigenvalue weighted by molar-refractivity contribution is 7.89. The third-order valence-corrected chi connectivity index (χ3v) is 8.04. The van der Waals surface area contributed by atoms with E-state index in [-0.39, 0.29) is 18.0 Å². The van der Waals surface area contributed by atoms with Crippen LogP contribution in [0.3, 0.4) is 0 Å². The molecule has 0 bridgehead atoms. The summed E-state index contributed by atoms with van der Waals surface area (Å²) in [5.41, 5.74) is 3.54. The zero-order chi connectivity index (χ0) is 21.7. The number of carbonyl (C=O) groups is 1. The summed E-state index contributed by atoms with van der Waals surface area (Å²) in [6.45, 7) is 0. The topological polar surface area (TPSA) is 75.3 Å². The number of fused-ring (bicyclic) bond motifs is 1. The van der Waals surface area contributed by atoms with Gasteiger partial charge in [0.25, 0.3) is 0 Å². The summed E-state index contributed by atoms with van der Waals surface area (Å²) in [5, 5.41) is 3.18. The zero-order valence-electron chi connectivity index (χ0n) is 18.0. The Balaban J connectivity index is 1.30. The number of carbonyl (C=O) groups excluding carboxylic acids is 1. The minimum Gasteiger partial charge on any atom is -0.349 e. The smallest absolute Gasteiger partial charge is 0.240 e. The Morgan fingerprint density at radius 1 is 0.903 bits per heavy atom. The number of hydrogen-bond donors (Lipinski definition) is 2. The van der Waals surface area contributed by atoms with Crippen LogP contribution in [0.2, 0.25) is 0 Å². The van der Waals surface area contributed by atoms with Crippen LogP contribution in [-0.4, -0.2) is 20.4 Å². The van der Waals surface area contributed by atoms with Gasteiger partial charge < -0.3 is 5.32 Å². The molecule has 0 unspecified atom stereocenters. The van der Waals surface area contributed by atoms with Gasteiger partial charge in [0.1, 0.15) is 0 Å². The second-order valence-electron chi connectivity index (χ2n) is 8.81. The van der Waals surface area contributed by atoms with Crippen LogP contribution in [0, 0.1) is 0 Å². The molecule has 4 rings (SSSR count). The van der Waals surface area contributed by atoms with Crippen LogP contribution in [-0.2, 0) is 27.7 Å². The van der Waals surface area contributed by atoms with Gasteiger partial charge in [-0.2, -0.15) is 0 Å². The Morgan fingerprint density at radius 3 is 2.42 bits per heavy atom. The molecule has 166 valence electrons. The fraction of sp³-hybridized carbons (Fsp3) is 0.480. The molecule has 2 aromatic rings. The number of aryl methyl sites for hydroxylation is 2. The minimum atomic E-state index is -3.48. The van der Waals surface area contributed by atoms with Crippen LogP contribution in [0.1, 0.15) is 74.1 Å². The SMILES string of the molecule is O=C(CCc1ccc(S(=O)(=O)NC2CCCCC2)cc1)N[C@@H]1CCCc2ccccc21. The quantitative estimate of drug-likeness (QED) is 0.669. The lowest BCUT2D eigenvalue weighted by Crippen LogP contribution is -2.36. The van der Waals surface area contributed by atoms with Crippen molar-refractivity contribution < 1.29 is 13.2 Å². The monoisotopic (exact) mass is 440 g/mol. The van der Waals surface area contributed by atoms with Gasteiger partial charge in [-0.25, -0.2) is 13.1 Å². The van der Waals surface area contributed by atoms with Crippen LogP contribution in [0.25, 0.3) is 0 Å². The van der Waals surface area contributed by atoms with Gasteiger partial charge in [0.05, 0.1) is 10.9 Å². The fourth-order valence-electron chi connectivity index (χ4n) is 4.77. The van der Waals surface area contributed by atoms with E-state index >= 15 is 0 Å². The summed E-state index contributed by atoms with van der Waals surface area (Å²) in [6, 6.07) is 15.4. The average Bonchev–Trinajstić information content (AvgIpc) is 2.79. The maximum Gasteiger partial charge on any atom is 0.240 e. The number of hydrogen-bond acceptors (Lipinski definition) is 3. The molecular weight excluding hydrogens is 408 g/mol. The lowest BCUT2D eigenvalue weighted by atomic mass is 9.87. The van der Waals surface area contributed by atoms with Gasteiger partial charge in [-0.1, -0.05) is 55.7 Å². The van der Waals surface area contributed by atoms with Crippen molar-refractivity contribution in [2.45, 2.75) is 81.2 Å². The van der Waals surface area contributed by atoms with Crippen molar-refractivity contribution in [3.8, 4) is 0 Å². The Kier molecular flexibility index (Phi) is 7.08. The van der Waals surface area contributed by atoms with E-state index in [1.807, 2.05) is 18.2 Å². The predicted molar refractivity (Wildman–Crippen MR) is 122 cm³/mol. The van der Waals surface area contributed by atoms with Crippen LogP contribution in [0.5, 0.6) is 0 Å². The van der Waals surface area contributed by atoms with E-state index in [1.165, 1.54) is 17.5 Å². The molecule has 0 radical (unpaired) electrons. The van der Waals surface area contributed by atoms with Gasteiger partial charge in [0.15, 0.2) is 0 Å². The van der Waals surface area contributed by atoms with E-state index in [9.17, 15) is 13.2 Å². The summed E-state index contributed by atoms with van der Waals surface area (Å²) in [6.07, 6.45) is 9.32. The van der Waals surface area contributed by atoms with Crippen molar-refractivity contribution in [3.63, 3.8) is 0 Å². The lowest BCUT2D eigenvalue weighted by molar-refractivity contribution is -0.121. The molecular formula is C25H32N2O3S. The zero-order valence-corrected chi connectivity index (χ0v) is 18.8. The third kappa shape index (κ3) is 5.74. The van der Waals surface area contributed by atoms with Crippen LogP contribution in [0.4, 0.5) is 0 Å². The molecule has 0 aromatic heterocycles. The van der Waals surface area contributed by atoms with Crippen molar-refractivity contribution >= 4 is 15.9 Å². The molecule has 2 aromatic carbocycles. The number of rotatable bonds is 7. The van der Waals surface area contributed by atoms with Crippen molar-refractivity contribution in [2.75, 3.05) is 0 Å². The van der Waals surface area contributed by atoms with Crippen molar-refractivity contribution in [1.29, 1.82) is 0 Å². The number of sulfonamides is 1. The van der Waals surface area contributed by atoms with Crippen molar-refractivity contribution in [1.82, 2.24) is 10.0 Å². The van der Waals surface area contributed by atoms with Gasteiger partial charge in [-0.05, 0) is 67.3 Å². The van der Waals surface area contributed by atoms with E-state index in [4.69, 9.17) is 0 Å². The lowest BCUT2D eigenvalue weighted by Gasteiger charge is -2.26. The first-order valence-corrected chi connectivity index (χ1v) is 13.0. The first-order chi connectivity index (χ1) is 15.0. The molecule has 0 aliphatic heterocycles. The first kappa shape index (κ1) is 22.0. The van der Waals surface area contributed by atoms with E-state index < -0.39 is 10.0 Å². The number of benzene rings is 2. The van der Waals surface area contributed by atoms with Crippen molar-refractivity contribution in [2.24, 2.45) is 0 Å². The van der Waals surface area contributed by atoms with Gasteiger partial charge in [-0.15, -0.1) is 0 Å². The summed E-state index contributed by atoms with van der Waals surface area (Å²) in [4.78, 5) is 12.8. The molecule has 1 amide bonds. The average molecular weight is 441 g/mol. The van der Waals surface area contributed by atoms with Crippen molar-refractivity contribution in [3.05, 3.63) is 65.2 Å². The molecule has 0 heterocycles. The molecule has 2 aliphatic carbocycles. The number of amides is 1. The summed E-state index contributed by atoms with van der Waals surface area (Å²) in [7, 11) is -3.48. The molecule has 31 heavy (non-hydrogen) atoms. The second kappa shape index (κ2) is 9.96. The summed E-state index contributed by atoms with van der Waals surface area (Å²) >= 11 is 0. The fourth-order valence-corrected chi connectivity index (χ4v) is 6.08.